The van der Waals surface area contributed by atoms with Crippen molar-refractivity contribution < 1.29 is 4.79 Å². The molecule has 0 unspecified atom stereocenters. The third-order valence-corrected chi connectivity index (χ3v) is 4.67. The zero-order valence-corrected chi connectivity index (χ0v) is 12.4. The average Bonchev–Trinajstić information content (AvgIpc) is 2.38. The minimum absolute atomic E-state index is 0.0390. The van der Waals surface area contributed by atoms with Crippen LogP contribution in [0.3, 0.4) is 0 Å². The molecule has 0 aromatic carbocycles. The van der Waals surface area contributed by atoms with E-state index < -0.39 is 0 Å². The molecule has 0 heterocycles. The molecule has 0 aromatic heterocycles. The molecule has 1 fully saturated rings. The van der Waals surface area contributed by atoms with Crippen LogP contribution in [0.5, 0.6) is 0 Å². The summed E-state index contributed by atoms with van der Waals surface area (Å²) in [6.45, 7) is 3.39. The number of likely N-dealkylation sites (N-methyl/N-ethyl adjacent to an activating group) is 2. The Morgan fingerprint density at radius 1 is 1.28 bits per heavy atom. The second-order valence-corrected chi connectivity index (χ2v) is 5.92. The second kappa shape index (κ2) is 6.53. The van der Waals surface area contributed by atoms with Crippen LogP contribution in [0.15, 0.2) is 0 Å². The number of amides is 1. The van der Waals surface area contributed by atoms with Gasteiger partial charge in [-0.15, -0.1) is 0 Å². The molecule has 0 spiro atoms. The molecule has 4 heteroatoms. The molecule has 0 saturated heterocycles. The number of nitrogens with zero attached hydrogens (tertiary/aromatic N) is 2. The molecule has 106 valence electrons. The van der Waals surface area contributed by atoms with Crippen LogP contribution in [0.25, 0.3) is 0 Å². The maximum atomic E-state index is 11.8. The molecule has 0 aromatic rings. The Labute approximate surface area is 111 Å². The molecule has 4 nitrogen and oxygen atoms in total. The summed E-state index contributed by atoms with van der Waals surface area (Å²) < 4.78 is 0. The lowest BCUT2D eigenvalue weighted by Crippen LogP contribution is -2.56. The Morgan fingerprint density at radius 2 is 1.83 bits per heavy atom. The summed E-state index contributed by atoms with van der Waals surface area (Å²) in [7, 11) is 5.65. The van der Waals surface area contributed by atoms with Gasteiger partial charge in [0.05, 0.1) is 6.54 Å². The number of hydrogen-bond donors (Lipinski definition) is 1. The van der Waals surface area contributed by atoms with Crippen molar-refractivity contribution in [1.82, 2.24) is 9.80 Å². The molecule has 2 N–H and O–H groups in total. The summed E-state index contributed by atoms with van der Waals surface area (Å²) >= 11 is 0. The van der Waals surface area contributed by atoms with Crippen LogP contribution in [0.1, 0.15) is 39.0 Å². The summed E-state index contributed by atoms with van der Waals surface area (Å²) in [5.74, 6) is 1.01. The fourth-order valence-corrected chi connectivity index (χ4v) is 2.88. The van der Waals surface area contributed by atoms with Crippen molar-refractivity contribution in [3.8, 4) is 0 Å². The molecule has 1 aliphatic carbocycles. The lowest BCUT2D eigenvalue weighted by Gasteiger charge is -2.46. The van der Waals surface area contributed by atoms with Gasteiger partial charge in [-0.05, 0) is 38.6 Å². The van der Waals surface area contributed by atoms with Crippen LogP contribution < -0.4 is 5.73 Å². The van der Waals surface area contributed by atoms with Gasteiger partial charge >= 0.3 is 0 Å². The van der Waals surface area contributed by atoms with E-state index in [1.165, 1.54) is 19.3 Å². The maximum Gasteiger partial charge on any atom is 0.236 e. The fourth-order valence-electron chi connectivity index (χ4n) is 2.88. The van der Waals surface area contributed by atoms with Gasteiger partial charge < -0.3 is 10.6 Å². The van der Waals surface area contributed by atoms with Crippen LogP contribution in [0, 0.1) is 5.92 Å². The van der Waals surface area contributed by atoms with E-state index in [9.17, 15) is 4.79 Å². The van der Waals surface area contributed by atoms with E-state index in [2.05, 4.69) is 11.8 Å². The predicted octanol–water partition coefficient (Wildman–Crippen LogP) is 1.30. The Morgan fingerprint density at radius 3 is 2.22 bits per heavy atom. The van der Waals surface area contributed by atoms with Gasteiger partial charge in [0, 0.05) is 26.2 Å². The first-order valence-corrected chi connectivity index (χ1v) is 7.06. The van der Waals surface area contributed by atoms with Crippen LogP contribution in [-0.2, 0) is 4.79 Å². The molecule has 1 saturated carbocycles. The van der Waals surface area contributed by atoms with Crippen LogP contribution in [0.4, 0.5) is 0 Å². The smallest absolute Gasteiger partial charge is 0.236 e. The van der Waals surface area contributed by atoms with Gasteiger partial charge in [0.25, 0.3) is 0 Å². The third kappa shape index (κ3) is 3.45. The van der Waals surface area contributed by atoms with Gasteiger partial charge in [-0.3, -0.25) is 9.69 Å². The van der Waals surface area contributed by atoms with E-state index in [1.807, 2.05) is 7.05 Å². The Kier molecular flexibility index (Phi) is 5.60. The highest BCUT2D eigenvalue weighted by atomic mass is 16.2. The number of carbonyl (C=O) groups excluding carboxylic acids is 1. The Hall–Kier alpha value is -0.610. The standard InChI is InChI=1S/C14H29N3O/c1-5-12-6-8-14(11-15,9-7-12)17(4)10-13(18)16(2)3/h12H,5-11,15H2,1-4H3. The normalized spacial score (nSPS) is 28.4. The van der Waals surface area contributed by atoms with Crippen molar-refractivity contribution in [2.24, 2.45) is 11.7 Å². The fraction of sp³-hybridized carbons (Fsp3) is 0.929. The van der Waals surface area contributed by atoms with E-state index in [1.54, 1.807) is 19.0 Å². The van der Waals surface area contributed by atoms with Gasteiger partial charge in [0.1, 0.15) is 0 Å². The van der Waals surface area contributed by atoms with Crippen molar-refractivity contribution in [3.63, 3.8) is 0 Å². The molecule has 1 aliphatic rings. The van der Waals surface area contributed by atoms with Crippen LogP contribution >= 0.6 is 0 Å². The minimum atomic E-state index is 0.0390. The molecule has 1 rings (SSSR count). The van der Waals surface area contributed by atoms with Gasteiger partial charge in [0.15, 0.2) is 0 Å². The summed E-state index contributed by atoms with van der Waals surface area (Å²) in [5, 5.41) is 0. The van der Waals surface area contributed by atoms with E-state index in [0.29, 0.717) is 13.1 Å². The topological polar surface area (TPSA) is 49.6 Å². The molecule has 18 heavy (non-hydrogen) atoms. The van der Waals surface area contributed by atoms with E-state index in [0.717, 1.165) is 18.8 Å². The lowest BCUT2D eigenvalue weighted by molar-refractivity contribution is -0.131. The molecule has 0 bridgehead atoms. The molecule has 0 atom stereocenters. The summed E-state index contributed by atoms with van der Waals surface area (Å²) in [5.41, 5.74) is 6.05. The zero-order valence-electron chi connectivity index (χ0n) is 12.4. The van der Waals surface area contributed by atoms with Crippen LogP contribution in [0.2, 0.25) is 0 Å². The number of nitrogens with two attached hydrogens (primary N) is 1. The first-order chi connectivity index (χ1) is 8.45. The molecular formula is C14H29N3O. The monoisotopic (exact) mass is 255 g/mol. The zero-order chi connectivity index (χ0) is 13.8. The average molecular weight is 255 g/mol. The van der Waals surface area contributed by atoms with Crippen molar-refractivity contribution in [2.75, 3.05) is 34.2 Å². The summed E-state index contributed by atoms with van der Waals surface area (Å²) in [6.07, 6.45) is 6.00. The first kappa shape index (κ1) is 15.4. The van der Waals surface area contributed by atoms with Crippen molar-refractivity contribution in [3.05, 3.63) is 0 Å². The SMILES string of the molecule is CCC1CCC(CN)(N(C)CC(=O)N(C)C)CC1. The maximum absolute atomic E-state index is 11.8. The predicted molar refractivity (Wildman–Crippen MR) is 75.4 cm³/mol. The highest BCUT2D eigenvalue weighted by Crippen LogP contribution is 2.36. The highest BCUT2D eigenvalue weighted by molar-refractivity contribution is 5.77. The Bertz CT molecular complexity index is 270. The molecule has 1 amide bonds. The van der Waals surface area contributed by atoms with Gasteiger partial charge in [-0.2, -0.15) is 0 Å². The van der Waals surface area contributed by atoms with Gasteiger partial charge in [-0.1, -0.05) is 13.3 Å². The van der Waals surface area contributed by atoms with Gasteiger partial charge in [-0.25, -0.2) is 0 Å². The van der Waals surface area contributed by atoms with Crippen molar-refractivity contribution >= 4 is 5.91 Å². The summed E-state index contributed by atoms with van der Waals surface area (Å²) in [4.78, 5) is 15.7. The third-order valence-electron chi connectivity index (χ3n) is 4.67. The summed E-state index contributed by atoms with van der Waals surface area (Å²) in [6, 6.07) is 0. The van der Waals surface area contributed by atoms with Crippen molar-refractivity contribution in [2.45, 2.75) is 44.6 Å². The van der Waals surface area contributed by atoms with Gasteiger partial charge in [0.2, 0.25) is 5.91 Å². The number of rotatable bonds is 5. The lowest BCUT2D eigenvalue weighted by atomic mass is 9.74. The van der Waals surface area contributed by atoms with E-state index in [4.69, 9.17) is 5.73 Å². The minimum Gasteiger partial charge on any atom is -0.348 e. The quantitative estimate of drug-likeness (QED) is 0.805. The van der Waals surface area contributed by atoms with Crippen molar-refractivity contribution in [1.29, 1.82) is 0 Å². The molecular weight excluding hydrogens is 226 g/mol. The van der Waals surface area contributed by atoms with E-state index in [-0.39, 0.29) is 11.4 Å². The molecule has 0 radical (unpaired) electrons. The Balaban J connectivity index is 2.62. The highest BCUT2D eigenvalue weighted by Gasteiger charge is 2.37. The van der Waals surface area contributed by atoms with Crippen LogP contribution in [-0.4, -0.2) is 55.5 Å². The second-order valence-electron chi connectivity index (χ2n) is 5.92. The first-order valence-electron chi connectivity index (χ1n) is 7.06. The number of hydrogen-bond acceptors (Lipinski definition) is 3. The molecule has 0 aliphatic heterocycles. The number of carbonyl (C=O) groups is 1. The van der Waals surface area contributed by atoms with E-state index >= 15 is 0 Å². The largest absolute Gasteiger partial charge is 0.348 e.